The first-order valence-electron chi connectivity index (χ1n) is 7.22. The van der Waals surface area contributed by atoms with Gasteiger partial charge in [-0.3, -0.25) is 9.59 Å². The zero-order valence-electron chi connectivity index (χ0n) is 12.9. The largest absolute Gasteiger partial charge is 0.397 e. The average molecular weight is 312 g/mol. The van der Waals surface area contributed by atoms with Crippen molar-refractivity contribution < 1.29 is 9.59 Å². The number of rotatable bonds is 8. The predicted octanol–water partition coefficient (Wildman–Crippen LogP) is 1.81. The van der Waals surface area contributed by atoms with E-state index in [2.05, 4.69) is 12.2 Å². The van der Waals surface area contributed by atoms with Crippen LogP contribution in [0.4, 0.5) is 10.7 Å². The number of hydrogen-bond donors (Lipinski definition) is 3. The first-order chi connectivity index (χ1) is 9.97. The summed E-state index contributed by atoms with van der Waals surface area (Å²) in [6.07, 6.45) is 2.05. The zero-order valence-corrected chi connectivity index (χ0v) is 13.7. The van der Waals surface area contributed by atoms with Gasteiger partial charge in [-0.2, -0.15) is 0 Å². The van der Waals surface area contributed by atoms with Gasteiger partial charge in [-0.25, -0.2) is 0 Å². The third-order valence-corrected chi connectivity index (χ3v) is 4.43. The number of carbonyl (C=O) groups is 2. The summed E-state index contributed by atoms with van der Waals surface area (Å²) in [7, 11) is 0. The maximum atomic E-state index is 12.0. The quantitative estimate of drug-likeness (QED) is 0.681. The highest BCUT2D eigenvalue weighted by molar-refractivity contribution is 7.19. The average Bonchev–Trinajstić information content (AvgIpc) is 2.78. The molecule has 0 aliphatic carbocycles. The molecule has 1 aromatic rings. The summed E-state index contributed by atoms with van der Waals surface area (Å²) in [6, 6.07) is 0. The van der Waals surface area contributed by atoms with Gasteiger partial charge in [-0.05, 0) is 20.3 Å². The van der Waals surface area contributed by atoms with Gasteiger partial charge in [-0.15, -0.1) is 11.3 Å². The molecule has 21 heavy (non-hydrogen) atoms. The Morgan fingerprint density at radius 3 is 2.43 bits per heavy atom. The Hall–Kier alpha value is -1.76. The Morgan fingerprint density at radius 2 is 1.95 bits per heavy atom. The molecular weight excluding hydrogens is 288 g/mol. The fourth-order valence-electron chi connectivity index (χ4n) is 2.05. The maximum absolute atomic E-state index is 12.0. The van der Waals surface area contributed by atoms with E-state index in [0.717, 1.165) is 25.9 Å². The number of unbranched alkanes of at least 4 members (excludes halogenated alkanes) is 1. The Labute approximate surface area is 129 Å². The summed E-state index contributed by atoms with van der Waals surface area (Å²) in [5, 5.41) is 3.39. The van der Waals surface area contributed by atoms with Crippen LogP contribution in [0, 0.1) is 0 Å². The summed E-state index contributed by atoms with van der Waals surface area (Å²) < 4.78 is 0. The van der Waals surface area contributed by atoms with Crippen molar-refractivity contribution in [3.05, 3.63) is 10.4 Å². The molecule has 0 aromatic carbocycles. The van der Waals surface area contributed by atoms with Crippen molar-refractivity contribution in [3.8, 4) is 0 Å². The first kappa shape index (κ1) is 17.3. The molecule has 1 aromatic heterocycles. The van der Waals surface area contributed by atoms with Gasteiger partial charge in [0.15, 0.2) is 0 Å². The summed E-state index contributed by atoms with van der Waals surface area (Å²) in [6.45, 7) is 7.98. The lowest BCUT2D eigenvalue weighted by atomic mass is 10.2. The Kier molecular flexibility index (Phi) is 6.48. The molecule has 0 radical (unpaired) electrons. The van der Waals surface area contributed by atoms with Crippen molar-refractivity contribution >= 4 is 33.8 Å². The second-order valence-electron chi connectivity index (χ2n) is 4.68. The van der Waals surface area contributed by atoms with Crippen LogP contribution in [0.15, 0.2) is 0 Å². The van der Waals surface area contributed by atoms with Crippen molar-refractivity contribution in [2.45, 2.75) is 33.6 Å². The normalized spacial score (nSPS) is 10.4. The molecule has 0 bridgehead atoms. The van der Waals surface area contributed by atoms with Gasteiger partial charge >= 0.3 is 0 Å². The van der Waals surface area contributed by atoms with E-state index in [-0.39, 0.29) is 17.2 Å². The van der Waals surface area contributed by atoms with Crippen molar-refractivity contribution in [3.63, 3.8) is 0 Å². The Balaban J connectivity index is 3.26. The van der Waals surface area contributed by atoms with E-state index in [1.807, 2.05) is 18.7 Å². The van der Waals surface area contributed by atoms with Crippen LogP contribution in [-0.4, -0.2) is 31.4 Å². The number of anilines is 2. The minimum absolute atomic E-state index is 0.184. The van der Waals surface area contributed by atoms with Crippen LogP contribution in [0.2, 0.25) is 0 Å². The maximum Gasteiger partial charge on any atom is 0.263 e. The molecule has 0 spiro atoms. The summed E-state index contributed by atoms with van der Waals surface area (Å²) in [4.78, 5) is 26.2. The molecule has 0 unspecified atom stereocenters. The molecule has 1 heterocycles. The highest BCUT2D eigenvalue weighted by Crippen LogP contribution is 2.38. The van der Waals surface area contributed by atoms with E-state index in [1.165, 1.54) is 11.3 Å². The number of nitrogens with two attached hydrogens (primary N) is 2. The lowest BCUT2D eigenvalue weighted by Gasteiger charge is -2.22. The third-order valence-electron chi connectivity index (χ3n) is 3.17. The van der Waals surface area contributed by atoms with Crippen molar-refractivity contribution in [1.82, 2.24) is 5.32 Å². The van der Waals surface area contributed by atoms with E-state index in [1.54, 1.807) is 0 Å². The first-order valence-corrected chi connectivity index (χ1v) is 8.04. The van der Waals surface area contributed by atoms with Crippen LogP contribution < -0.4 is 21.7 Å². The molecule has 0 atom stereocenters. The van der Waals surface area contributed by atoms with Crippen LogP contribution >= 0.6 is 11.3 Å². The molecule has 0 saturated carbocycles. The fourth-order valence-corrected chi connectivity index (χ4v) is 3.29. The molecule has 2 amide bonds. The summed E-state index contributed by atoms with van der Waals surface area (Å²) >= 11 is 1.23. The van der Waals surface area contributed by atoms with Crippen molar-refractivity contribution in [2.24, 2.45) is 5.73 Å². The molecule has 0 aliphatic rings. The van der Waals surface area contributed by atoms with Crippen molar-refractivity contribution in [2.75, 3.05) is 30.3 Å². The zero-order chi connectivity index (χ0) is 16.0. The number of primary amides is 1. The minimum Gasteiger partial charge on any atom is -0.397 e. The number of thiophene rings is 1. The lowest BCUT2D eigenvalue weighted by molar-refractivity contribution is 0.0960. The van der Waals surface area contributed by atoms with Crippen LogP contribution in [0.3, 0.4) is 0 Å². The van der Waals surface area contributed by atoms with Crippen LogP contribution in [-0.2, 0) is 0 Å². The number of nitrogens with one attached hydrogen (secondary N) is 1. The Morgan fingerprint density at radius 1 is 1.29 bits per heavy atom. The van der Waals surface area contributed by atoms with Gasteiger partial charge in [0.1, 0.15) is 9.88 Å². The molecule has 0 saturated heterocycles. The van der Waals surface area contributed by atoms with Crippen molar-refractivity contribution in [1.29, 1.82) is 0 Å². The molecule has 118 valence electrons. The number of carbonyl (C=O) groups excluding carboxylic acids is 2. The topological polar surface area (TPSA) is 101 Å². The predicted molar refractivity (Wildman–Crippen MR) is 88.1 cm³/mol. The monoisotopic (exact) mass is 312 g/mol. The van der Waals surface area contributed by atoms with Crippen LogP contribution in [0.1, 0.15) is 53.6 Å². The van der Waals surface area contributed by atoms with E-state index < -0.39 is 5.91 Å². The third kappa shape index (κ3) is 3.87. The van der Waals surface area contributed by atoms with Gasteiger partial charge < -0.3 is 21.7 Å². The molecule has 1 rings (SSSR count). The smallest absolute Gasteiger partial charge is 0.263 e. The molecule has 0 fully saturated rings. The second-order valence-corrected chi connectivity index (χ2v) is 5.68. The lowest BCUT2D eigenvalue weighted by Crippen LogP contribution is -2.26. The Bertz CT molecular complexity index is 513. The van der Waals surface area contributed by atoms with E-state index in [0.29, 0.717) is 16.4 Å². The second kappa shape index (κ2) is 7.87. The van der Waals surface area contributed by atoms with Crippen LogP contribution in [0.25, 0.3) is 0 Å². The van der Waals surface area contributed by atoms with Gasteiger partial charge in [0.05, 0.1) is 11.3 Å². The van der Waals surface area contributed by atoms with Crippen LogP contribution in [0.5, 0.6) is 0 Å². The molecule has 7 heteroatoms. The van der Waals surface area contributed by atoms with Gasteiger partial charge in [0, 0.05) is 19.6 Å². The molecule has 5 N–H and O–H groups in total. The molecule has 0 aliphatic heterocycles. The standard InChI is InChI=1S/C14H24N4O2S/c1-4-7-8-18(6-3)14-9(12(16)19)10(15)11(21-14)13(20)17-5-2/h4-8,15H2,1-3H3,(H2,16,19)(H,17,20). The number of nitrogens with zero attached hydrogens (tertiary/aromatic N) is 1. The number of amides is 2. The number of hydrogen-bond acceptors (Lipinski definition) is 5. The number of nitrogen functional groups attached to an aromatic ring is 1. The SMILES string of the molecule is CCCCN(CC)c1sc(C(=O)NCC)c(N)c1C(N)=O. The molecule has 6 nitrogen and oxygen atoms in total. The van der Waals surface area contributed by atoms with Gasteiger partial charge in [-0.1, -0.05) is 13.3 Å². The highest BCUT2D eigenvalue weighted by atomic mass is 32.1. The fraction of sp³-hybridized carbons (Fsp3) is 0.571. The van der Waals surface area contributed by atoms with E-state index in [9.17, 15) is 9.59 Å². The molecular formula is C14H24N4O2S. The summed E-state index contributed by atoms with van der Waals surface area (Å²) in [5.74, 6) is -0.857. The highest BCUT2D eigenvalue weighted by Gasteiger charge is 2.26. The minimum atomic E-state index is -0.593. The van der Waals surface area contributed by atoms with E-state index >= 15 is 0 Å². The van der Waals surface area contributed by atoms with Gasteiger partial charge in [0.2, 0.25) is 0 Å². The van der Waals surface area contributed by atoms with E-state index in [4.69, 9.17) is 11.5 Å². The summed E-state index contributed by atoms with van der Waals surface area (Å²) in [5.41, 5.74) is 11.9. The van der Waals surface area contributed by atoms with Gasteiger partial charge in [0.25, 0.3) is 11.8 Å².